The molecule has 1 amide bonds. The smallest absolute Gasteiger partial charge is 0.218 e. The number of nitrogens with one attached hydrogen (secondary N) is 1. The lowest BCUT2D eigenvalue weighted by atomic mass is 10.2. The van der Waals surface area contributed by atoms with Crippen LogP contribution in [0.5, 0.6) is 0 Å². The molecule has 1 aromatic heterocycles. The second-order valence-corrected chi connectivity index (χ2v) is 3.65. The molecule has 0 aliphatic rings. The van der Waals surface area contributed by atoms with Gasteiger partial charge in [-0.3, -0.25) is 4.79 Å². The van der Waals surface area contributed by atoms with E-state index < -0.39 is 0 Å². The normalized spacial score (nSPS) is 12.6. The van der Waals surface area contributed by atoms with E-state index in [1.54, 1.807) is 10.9 Å². The maximum atomic E-state index is 10.6. The highest BCUT2D eigenvalue weighted by atomic mass is 16.3. The van der Waals surface area contributed by atoms with E-state index in [1.165, 1.54) is 0 Å². The third-order valence-corrected chi connectivity index (χ3v) is 2.05. The highest BCUT2D eigenvalue weighted by Gasteiger charge is 2.06. The van der Waals surface area contributed by atoms with Gasteiger partial charge in [-0.05, 0) is 6.92 Å². The highest BCUT2D eigenvalue weighted by Crippen LogP contribution is 1.95. The van der Waals surface area contributed by atoms with E-state index in [4.69, 9.17) is 10.8 Å². The van der Waals surface area contributed by atoms with Crippen molar-refractivity contribution in [1.82, 2.24) is 20.3 Å². The lowest BCUT2D eigenvalue weighted by Crippen LogP contribution is -2.30. The topological polar surface area (TPSA) is 106 Å². The first-order valence-electron chi connectivity index (χ1n) is 5.13. The third kappa shape index (κ3) is 4.37. The molecule has 0 aliphatic carbocycles. The number of primary amides is 1. The molecular formula is C9H17N5O2. The second-order valence-electron chi connectivity index (χ2n) is 3.65. The second kappa shape index (κ2) is 6.19. The molecule has 1 unspecified atom stereocenters. The van der Waals surface area contributed by atoms with E-state index in [-0.39, 0.29) is 18.6 Å². The quantitative estimate of drug-likeness (QED) is 0.532. The summed E-state index contributed by atoms with van der Waals surface area (Å²) in [7, 11) is 0. The molecule has 1 heterocycles. The molecule has 0 spiro atoms. The number of amides is 1. The SMILES string of the molecule is CC(CC(N)=O)NCc1cn(CCO)nn1. The van der Waals surface area contributed by atoms with Crippen LogP contribution >= 0.6 is 0 Å². The van der Waals surface area contributed by atoms with Gasteiger partial charge < -0.3 is 16.2 Å². The molecule has 0 fully saturated rings. The fourth-order valence-electron chi connectivity index (χ4n) is 1.28. The Bertz CT molecular complexity index is 338. The Hall–Kier alpha value is -1.47. The number of aliphatic hydroxyl groups is 1. The van der Waals surface area contributed by atoms with Crippen molar-refractivity contribution in [2.45, 2.75) is 32.5 Å². The molecule has 90 valence electrons. The first-order chi connectivity index (χ1) is 7.61. The maximum absolute atomic E-state index is 10.6. The van der Waals surface area contributed by atoms with Crippen LogP contribution in [0.2, 0.25) is 0 Å². The van der Waals surface area contributed by atoms with E-state index in [0.717, 1.165) is 5.69 Å². The molecule has 0 saturated carbocycles. The summed E-state index contributed by atoms with van der Waals surface area (Å²) in [5, 5.41) is 19.5. The zero-order valence-electron chi connectivity index (χ0n) is 9.26. The summed E-state index contributed by atoms with van der Waals surface area (Å²) in [5.74, 6) is -0.330. The number of aromatic nitrogens is 3. The van der Waals surface area contributed by atoms with E-state index in [9.17, 15) is 4.79 Å². The van der Waals surface area contributed by atoms with Crippen molar-refractivity contribution in [1.29, 1.82) is 0 Å². The maximum Gasteiger partial charge on any atom is 0.218 e. The minimum atomic E-state index is -0.330. The zero-order valence-corrected chi connectivity index (χ0v) is 9.26. The fraction of sp³-hybridized carbons (Fsp3) is 0.667. The Labute approximate surface area is 93.6 Å². The van der Waals surface area contributed by atoms with Gasteiger partial charge in [-0.25, -0.2) is 4.68 Å². The van der Waals surface area contributed by atoms with Crippen LogP contribution in [0.3, 0.4) is 0 Å². The van der Waals surface area contributed by atoms with Crippen molar-refractivity contribution in [2.75, 3.05) is 6.61 Å². The molecule has 1 atom stereocenters. The van der Waals surface area contributed by atoms with Crippen molar-refractivity contribution in [3.8, 4) is 0 Å². The van der Waals surface area contributed by atoms with Crippen LogP contribution in [0.15, 0.2) is 6.20 Å². The van der Waals surface area contributed by atoms with Crippen LogP contribution in [0.1, 0.15) is 19.0 Å². The van der Waals surface area contributed by atoms with Crippen LogP contribution in [0.4, 0.5) is 0 Å². The molecule has 16 heavy (non-hydrogen) atoms. The predicted molar refractivity (Wildman–Crippen MR) is 57.2 cm³/mol. The number of carbonyl (C=O) groups is 1. The van der Waals surface area contributed by atoms with Gasteiger partial charge in [-0.2, -0.15) is 0 Å². The summed E-state index contributed by atoms with van der Waals surface area (Å²) < 4.78 is 1.57. The molecule has 7 nitrogen and oxygen atoms in total. The summed E-state index contributed by atoms with van der Waals surface area (Å²) in [5.41, 5.74) is 5.84. The van der Waals surface area contributed by atoms with Gasteiger partial charge in [0.15, 0.2) is 0 Å². The van der Waals surface area contributed by atoms with E-state index in [2.05, 4.69) is 15.6 Å². The number of nitrogens with zero attached hydrogens (tertiary/aromatic N) is 3. The molecule has 0 aliphatic heterocycles. The largest absolute Gasteiger partial charge is 0.394 e. The lowest BCUT2D eigenvalue weighted by Gasteiger charge is -2.09. The Morgan fingerprint density at radius 1 is 1.75 bits per heavy atom. The summed E-state index contributed by atoms with van der Waals surface area (Å²) in [6.07, 6.45) is 2.05. The minimum Gasteiger partial charge on any atom is -0.394 e. The Morgan fingerprint density at radius 3 is 3.12 bits per heavy atom. The standard InChI is InChI=1S/C9H17N5O2/c1-7(4-9(10)16)11-5-8-6-14(2-3-15)13-12-8/h6-7,11,15H,2-5H2,1H3,(H2,10,16). The average Bonchev–Trinajstić information content (AvgIpc) is 2.62. The Morgan fingerprint density at radius 2 is 2.50 bits per heavy atom. The Balaban J connectivity index is 2.33. The van der Waals surface area contributed by atoms with Crippen molar-refractivity contribution in [2.24, 2.45) is 5.73 Å². The fourth-order valence-corrected chi connectivity index (χ4v) is 1.28. The first kappa shape index (κ1) is 12.6. The third-order valence-electron chi connectivity index (χ3n) is 2.05. The molecule has 1 rings (SSSR count). The molecular weight excluding hydrogens is 210 g/mol. The number of aliphatic hydroxyl groups excluding tert-OH is 1. The van der Waals surface area contributed by atoms with Gasteiger partial charge >= 0.3 is 0 Å². The van der Waals surface area contributed by atoms with Crippen LogP contribution in [0.25, 0.3) is 0 Å². The van der Waals surface area contributed by atoms with Gasteiger partial charge in [0.05, 0.1) is 18.8 Å². The van der Waals surface area contributed by atoms with Crippen LogP contribution in [-0.4, -0.2) is 38.7 Å². The van der Waals surface area contributed by atoms with Gasteiger partial charge in [0.25, 0.3) is 0 Å². The van der Waals surface area contributed by atoms with Crippen LogP contribution in [0, 0.1) is 0 Å². The van der Waals surface area contributed by atoms with Gasteiger partial charge in [-0.1, -0.05) is 5.21 Å². The molecule has 0 radical (unpaired) electrons. The molecule has 1 aromatic rings. The van der Waals surface area contributed by atoms with Crippen LogP contribution < -0.4 is 11.1 Å². The Kier molecular flexibility index (Phi) is 4.87. The number of hydrogen-bond donors (Lipinski definition) is 3. The molecule has 0 saturated heterocycles. The van der Waals surface area contributed by atoms with Gasteiger partial charge in [0.1, 0.15) is 0 Å². The summed E-state index contributed by atoms with van der Waals surface area (Å²) in [6.45, 7) is 2.88. The van der Waals surface area contributed by atoms with E-state index in [1.807, 2.05) is 6.92 Å². The highest BCUT2D eigenvalue weighted by molar-refractivity contribution is 5.74. The predicted octanol–water partition coefficient (Wildman–Crippen LogP) is -1.38. The number of carbonyl (C=O) groups excluding carboxylic acids is 1. The first-order valence-corrected chi connectivity index (χ1v) is 5.13. The summed E-state index contributed by atoms with van der Waals surface area (Å²) >= 11 is 0. The number of rotatable bonds is 7. The van der Waals surface area contributed by atoms with E-state index in [0.29, 0.717) is 19.5 Å². The number of nitrogens with two attached hydrogens (primary N) is 1. The van der Waals surface area contributed by atoms with Gasteiger partial charge in [-0.15, -0.1) is 5.10 Å². The lowest BCUT2D eigenvalue weighted by molar-refractivity contribution is -0.118. The summed E-state index contributed by atoms with van der Waals surface area (Å²) in [6, 6.07) is 0.0143. The van der Waals surface area contributed by atoms with Crippen molar-refractivity contribution in [3.05, 3.63) is 11.9 Å². The zero-order chi connectivity index (χ0) is 12.0. The minimum absolute atomic E-state index is 0.0143. The molecule has 0 bridgehead atoms. The van der Waals surface area contributed by atoms with Gasteiger partial charge in [0.2, 0.25) is 5.91 Å². The molecule has 4 N–H and O–H groups in total. The van der Waals surface area contributed by atoms with Crippen molar-refractivity contribution in [3.63, 3.8) is 0 Å². The van der Waals surface area contributed by atoms with Crippen molar-refractivity contribution >= 4 is 5.91 Å². The average molecular weight is 227 g/mol. The monoisotopic (exact) mass is 227 g/mol. The summed E-state index contributed by atoms with van der Waals surface area (Å²) in [4.78, 5) is 10.6. The molecule has 7 heteroatoms. The van der Waals surface area contributed by atoms with Crippen LogP contribution in [-0.2, 0) is 17.9 Å². The van der Waals surface area contributed by atoms with Crippen molar-refractivity contribution < 1.29 is 9.90 Å². The van der Waals surface area contributed by atoms with E-state index >= 15 is 0 Å². The molecule has 0 aromatic carbocycles. The number of hydrogen-bond acceptors (Lipinski definition) is 5. The van der Waals surface area contributed by atoms with Gasteiger partial charge in [0, 0.05) is 25.2 Å².